The van der Waals surface area contributed by atoms with Crippen molar-refractivity contribution < 1.29 is 19.6 Å². The Morgan fingerprint density at radius 2 is 1.71 bits per heavy atom. The number of hydrogen-bond acceptors (Lipinski definition) is 3. The summed E-state index contributed by atoms with van der Waals surface area (Å²) < 4.78 is 0.892. The molecule has 1 amide bonds. The maximum absolute atomic E-state index is 12.8. The second-order valence-electron chi connectivity index (χ2n) is 7.01. The molecule has 0 aromatic heterocycles. The minimum Gasteiger partial charge on any atom is -0.507 e. The number of carbonyl (C=O) groups is 2. The van der Waals surface area contributed by atoms with Gasteiger partial charge in [-0.05, 0) is 42.0 Å². The van der Waals surface area contributed by atoms with Gasteiger partial charge in [0.05, 0.1) is 38.8 Å². The molecule has 2 aromatic carbocycles. The molecule has 1 aliphatic heterocycles. The number of halogens is 2. The van der Waals surface area contributed by atoms with Crippen LogP contribution >= 0.6 is 27.5 Å². The molecule has 0 saturated carbocycles. The maximum atomic E-state index is 12.8. The van der Waals surface area contributed by atoms with E-state index in [9.17, 15) is 14.7 Å². The van der Waals surface area contributed by atoms with Gasteiger partial charge in [-0.25, -0.2) is 0 Å². The summed E-state index contributed by atoms with van der Waals surface area (Å²) in [5, 5.41) is 11.4. The number of amides is 1. The molecule has 0 spiro atoms. The number of likely N-dealkylation sites (tertiary alicyclic amines) is 1. The van der Waals surface area contributed by atoms with Crippen LogP contribution in [-0.2, 0) is 9.59 Å². The number of Topliss-reactive ketones (excluding diaryl/α,β-unsaturated/α-hetero) is 1. The third kappa shape index (κ3) is 4.14. The predicted octanol–water partition coefficient (Wildman–Crippen LogP) is 2.67. The minimum atomic E-state index is -0.672. The first-order valence-electron chi connectivity index (χ1n) is 8.88. The summed E-state index contributed by atoms with van der Waals surface area (Å²) in [6, 6.07) is 13.3. The highest BCUT2D eigenvalue weighted by atomic mass is 79.9. The summed E-state index contributed by atoms with van der Waals surface area (Å²) in [6.07, 6.45) is 0. The highest BCUT2D eigenvalue weighted by Crippen LogP contribution is 2.39. The number of benzene rings is 2. The highest BCUT2D eigenvalue weighted by molar-refractivity contribution is 9.10. The molecular formula is C21H21BrClN2O3+. The van der Waals surface area contributed by atoms with Crippen LogP contribution in [0.4, 0.5) is 0 Å². The largest absolute Gasteiger partial charge is 0.507 e. The lowest BCUT2D eigenvalue weighted by atomic mass is 9.95. The van der Waals surface area contributed by atoms with E-state index >= 15 is 0 Å². The molecular weight excluding hydrogens is 444 g/mol. The number of nitrogens with zero attached hydrogens (tertiary/aromatic N) is 1. The Bertz CT molecular complexity index is 924. The number of likely N-dealkylation sites (N-methyl/N-ethyl adjacent to an activating group) is 1. The number of rotatable bonds is 5. The van der Waals surface area contributed by atoms with Crippen molar-refractivity contribution in [2.45, 2.75) is 6.04 Å². The lowest BCUT2D eigenvalue weighted by Gasteiger charge is -2.25. The summed E-state index contributed by atoms with van der Waals surface area (Å²) in [4.78, 5) is 28.3. The Morgan fingerprint density at radius 3 is 2.29 bits per heavy atom. The summed E-state index contributed by atoms with van der Waals surface area (Å²) in [7, 11) is 3.97. The van der Waals surface area contributed by atoms with Crippen LogP contribution in [0.5, 0.6) is 0 Å². The predicted molar refractivity (Wildman–Crippen MR) is 112 cm³/mol. The van der Waals surface area contributed by atoms with Crippen molar-refractivity contribution >= 4 is 45.0 Å². The van der Waals surface area contributed by atoms with Gasteiger partial charge in [0.2, 0.25) is 0 Å². The molecule has 1 unspecified atom stereocenters. The van der Waals surface area contributed by atoms with Crippen LogP contribution in [0.1, 0.15) is 17.2 Å². The molecule has 7 heteroatoms. The van der Waals surface area contributed by atoms with Gasteiger partial charge in [0.15, 0.2) is 0 Å². The molecule has 3 rings (SSSR count). The normalized spacial score (nSPS) is 18.9. The zero-order valence-corrected chi connectivity index (χ0v) is 17.9. The molecule has 0 bridgehead atoms. The van der Waals surface area contributed by atoms with Gasteiger partial charge in [-0.1, -0.05) is 39.7 Å². The van der Waals surface area contributed by atoms with E-state index in [0.29, 0.717) is 23.7 Å². The van der Waals surface area contributed by atoms with Gasteiger partial charge in [0.1, 0.15) is 5.76 Å². The summed E-state index contributed by atoms with van der Waals surface area (Å²) in [6.45, 7) is 1.09. The van der Waals surface area contributed by atoms with Crippen LogP contribution in [0.25, 0.3) is 5.76 Å². The Labute approximate surface area is 177 Å². The van der Waals surface area contributed by atoms with E-state index in [0.717, 1.165) is 14.9 Å². The highest BCUT2D eigenvalue weighted by Gasteiger charge is 2.46. The van der Waals surface area contributed by atoms with Gasteiger partial charge >= 0.3 is 0 Å². The second kappa shape index (κ2) is 8.47. The average molecular weight is 465 g/mol. The van der Waals surface area contributed by atoms with Gasteiger partial charge in [-0.3, -0.25) is 9.59 Å². The molecule has 2 aromatic rings. The number of quaternary nitrogens is 1. The quantitative estimate of drug-likeness (QED) is 0.406. The Morgan fingerprint density at radius 1 is 1.11 bits per heavy atom. The van der Waals surface area contributed by atoms with E-state index in [1.165, 1.54) is 0 Å². The lowest BCUT2D eigenvalue weighted by molar-refractivity contribution is -0.857. The van der Waals surface area contributed by atoms with Crippen LogP contribution < -0.4 is 4.90 Å². The van der Waals surface area contributed by atoms with E-state index in [4.69, 9.17) is 11.6 Å². The van der Waals surface area contributed by atoms with Crippen molar-refractivity contribution in [3.8, 4) is 0 Å². The fourth-order valence-corrected chi connectivity index (χ4v) is 3.60. The van der Waals surface area contributed by atoms with E-state index in [2.05, 4.69) is 15.9 Å². The summed E-state index contributed by atoms with van der Waals surface area (Å²) in [5.74, 6) is -1.46. The second-order valence-corrected chi connectivity index (χ2v) is 8.36. The van der Waals surface area contributed by atoms with E-state index in [1.54, 1.807) is 29.2 Å². The van der Waals surface area contributed by atoms with Gasteiger partial charge in [0, 0.05) is 15.1 Å². The number of aliphatic hydroxyl groups is 1. The molecule has 1 heterocycles. The van der Waals surface area contributed by atoms with Crippen molar-refractivity contribution in [1.29, 1.82) is 0 Å². The smallest absolute Gasteiger partial charge is 0.295 e. The summed E-state index contributed by atoms with van der Waals surface area (Å²) in [5.41, 5.74) is 1.32. The first-order valence-corrected chi connectivity index (χ1v) is 10.1. The Kier molecular flexibility index (Phi) is 6.23. The SMILES string of the molecule is C[NH+](C)CCN1C(=O)C(=O)C(=C(O)c2ccc(Cl)cc2)C1c1ccc(Br)cc1. The van der Waals surface area contributed by atoms with Crippen LogP contribution in [0, 0.1) is 0 Å². The molecule has 0 aliphatic carbocycles. The van der Waals surface area contributed by atoms with E-state index < -0.39 is 17.7 Å². The van der Waals surface area contributed by atoms with E-state index in [-0.39, 0.29) is 11.3 Å². The zero-order chi connectivity index (χ0) is 20.4. The van der Waals surface area contributed by atoms with Gasteiger partial charge < -0.3 is 14.9 Å². The first-order chi connectivity index (χ1) is 13.3. The monoisotopic (exact) mass is 463 g/mol. The molecule has 1 saturated heterocycles. The van der Waals surface area contributed by atoms with Crippen molar-refractivity contribution in [2.75, 3.05) is 27.2 Å². The van der Waals surface area contributed by atoms with Crippen LogP contribution in [-0.4, -0.2) is 48.9 Å². The van der Waals surface area contributed by atoms with Crippen molar-refractivity contribution in [3.63, 3.8) is 0 Å². The van der Waals surface area contributed by atoms with Crippen LogP contribution in [0.2, 0.25) is 5.02 Å². The first kappa shape index (κ1) is 20.6. The number of nitrogens with one attached hydrogen (secondary N) is 1. The fourth-order valence-electron chi connectivity index (χ4n) is 3.21. The number of hydrogen-bond donors (Lipinski definition) is 2. The fraction of sp³-hybridized carbons (Fsp3) is 0.238. The van der Waals surface area contributed by atoms with Gasteiger partial charge in [-0.2, -0.15) is 0 Å². The zero-order valence-electron chi connectivity index (χ0n) is 15.6. The van der Waals surface area contributed by atoms with Crippen molar-refractivity contribution in [1.82, 2.24) is 4.90 Å². The van der Waals surface area contributed by atoms with Crippen LogP contribution in [0.15, 0.2) is 58.6 Å². The average Bonchev–Trinajstić information content (AvgIpc) is 2.91. The molecule has 5 nitrogen and oxygen atoms in total. The Hall–Kier alpha value is -2.15. The molecule has 28 heavy (non-hydrogen) atoms. The van der Waals surface area contributed by atoms with Crippen molar-refractivity contribution in [2.24, 2.45) is 0 Å². The molecule has 2 N–H and O–H groups in total. The van der Waals surface area contributed by atoms with Gasteiger partial charge in [-0.15, -0.1) is 0 Å². The Balaban J connectivity index is 2.13. The van der Waals surface area contributed by atoms with E-state index in [1.807, 2.05) is 38.4 Å². The molecule has 1 fully saturated rings. The summed E-state index contributed by atoms with van der Waals surface area (Å²) >= 11 is 9.33. The molecule has 0 radical (unpaired) electrons. The number of carbonyl (C=O) groups excluding carboxylic acids is 2. The topological polar surface area (TPSA) is 62.0 Å². The molecule has 1 aliphatic rings. The third-order valence-electron chi connectivity index (χ3n) is 4.70. The maximum Gasteiger partial charge on any atom is 0.295 e. The lowest BCUT2D eigenvalue weighted by Crippen LogP contribution is -3.06. The number of aliphatic hydroxyl groups excluding tert-OH is 1. The minimum absolute atomic E-state index is 0.100. The van der Waals surface area contributed by atoms with Crippen molar-refractivity contribution in [3.05, 3.63) is 74.7 Å². The van der Waals surface area contributed by atoms with Crippen LogP contribution in [0.3, 0.4) is 0 Å². The molecule has 146 valence electrons. The number of ketones is 1. The standard InChI is InChI=1S/C21H20BrClN2O3/c1-24(2)11-12-25-18(13-3-7-15(22)8-4-13)17(20(27)21(25)28)19(26)14-5-9-16(23)10-6-14/h3-10,18,26H,11-12H2,1-2H3/p+1. The van der Waals surface area contributed by atoms with Gasteiger partial charge in [0.25, 0.3) is 11.7 Å². The molecule has 1 atom stereocenters. The third-order valence-corrected chi connectivity index (χ3v) is 5.48.